The Balaban J connectivity index is 3.99. The summed E-state index contributed by atoms with van der Waals surface area (Å²) < 4.78 is 11.1. The van der Waals surface area contributed by atoms with E-state index in [9.17, 15) is 19.8 Å². The van der Waals surface area contributed by atoms with Gasteiger partial charge in [-0.3, -0.25) is 14.5 Å². The van der Waals surface area contributed by atoms with Crippen LogP contribution in [0.4, 0.5) is 0 Å². The first-order chi connectivity index (χ1) is 25.1. The minimum atomic E-state index is -0.858. The van der Waals surface area contributed by atoms with Crippen LogP contribution in [-0.2, 0) is 19.1 Å². The van der Waals surface area contributed by atoms with Gasteiger partial charge in [0.1, 0.15) is 6.04 Å². The third kappa shape index (κ3) is 35.6. The molecular formula is C44H87NO6. The zero-order valence-corrected chi connectivity index (χ0v) is 34.1. The standard InChI is InChI=1S/C44H87NO6/c1-3-5-7-9-11-13-15-17-19-21-23-25-27-29-31-33-39-50-43(48)41-42(45(35-37-46)36-38-47)44(49)51-40-34-32-30-28-26-24-22-20-18-16-14-12-10-8-6-4-2/h42,46-47H,3-41H2,1-2H3/t42-/m0/s1. The van der Waals surface area contributed by atoms with Crippen LogP contribution >= 0.6 is 0 Å². The summed E-state index contributed by atoms with van der Waals surface area (Å²) in [6.07, 6.45) is 41.2. The van der Waals surface area contributed by atoms with Crippen molar-refractivity contribution >= 4 is 11.9 Å². The van der Waals surface area contributed by atoms with Crippen molar-refractivity contribution < 1.29 is 29.3 Å². The number of aliphatic hydroxyl groups excluding tert-OH is 2. The highest BCUT2D eigenvalue weighted by atomic mass is 16.5. The third-order valence-electron chi connectivity index (χ3n) is 10.4. The van der Waals surface area contributed by atoms with E-state index in [1.54, 1.807) is 4.90 Å². The van der Waals surface area contributed by atoms with Crippen LogP contribution in [0.1, 0.15) is 226 Å². The van der Waals surface area contributed by atoms with Gasteiger partial charge in [-0.2, -0.15) is 0 Å². The number of esters is 2. The molecule has 304 valence electrons. The van der Waals surface area contributed by atoms with Crippen molar-refractivity contribution in [2.45, 2.75) is 232 Å². The molecule has 0 radical (unpaired) electrons. The molecule has 0 aromatic rings. The molecule has 2 N–H and O–H groups in total. The van der Waals surface area contributed by atoms with Crippen molar-refractivity contribution in [2.24, 2.45) is 0 Å². The lowest BCUT2D eigenvalue weighted by atomic mass is 10.0. The minimum absolute atomic E-state index is 0.128. The fraction of sp³-hybridized carbons (Fsp3) is 0.955. The van der Waals surface area contributed by atoms with Crippen LogP contribution in [-0.4, -0.2) is 72.6 Å². The molecule has 1 atom stereocenters. The zero-order chi connectivity index (χ0) is 37.3. The van der Waals surface area contributed by atoms with Crippen molar-refractivity contribution in [2.75, 3.05) is 39.5 Å². The van der Waals surface area contributed by atoms with Gasteiger partial charge in [0.2, 0.25) is 0 Å². The summed E-state index contributed by atoms with van der Waals surface area (Å²) in [7, 11) is 0. The van der Waals surface area contributed by atoms with E-state index in [1.807, 2.05) is 0 Å². The Morgan fingerprint density at radius 3 is 1.00 bits per heavy atom. The lowest BCUT2D eigenvalue weighted by Gasteiger charge is -2.28. The second-order valence-electron chi connectivity index (χ2n) is 15.2. The van der Waals surface area contributed by atoms with Gasteiger partial charge in [-0.15, -0.1) is 0 Å². The summed E-state index contributed by atoms with van der Waals surface area (Å²) in [4.78, 5) is 27.3. The summed E-state index contributed by atoms with van der Waals surface area (Å²) >= 11 is 0. The molecule has 0 saturated carbocycles. The molecule has 0 rings (SSSR count). The van der Waals surface area contributed by atoms with Crippen LogP contribution < -0.4 is 0 Å². The van der Waals surface area contributed by atoms with Gasteiger partial charge in [0.15, 0.2) is 0 Å². The monoisotopic (exact) mass is 726 g/mol. The van der Waals surface area contributed by atoms with Crippen LogP contribution in [0, 0.1) is 0 Å². The Kier molecular flexibility index (Phi) is 40.6. The predicted octanol–water partition coefficient (Wildman–Crippen LogP) is 11.6. The van der Waals surface area contributed by atoms with Crippen LogP contribution in [0.5, 0.6) is 0 Å². The third-order valence-corrected chi connectivity index (χ3v) is 10.4. The van der Waals surface area contributed by atoms with Crippen molar-refractivity contribution in [1.29, 1.82) is 0 Å². The number of aliphatic hydroxyl groups is 2. The second kappa shape index (κ2) is 41.6. The Hall–Kier alpha value is -1.18. The smallest absolute Gasteiger partial charge is 0.323 e. The molecule has 0 amide bonds. The Morgan fingerprint density at radius 1 is 0.431 bits per heavy atom. The molecule has 0 fully saturated rings. The van der Waals surface area contributed by atoms with Crippen molar-refractivity contribution in [1.82, 2.24) is 4.90 Å². The number of nitrogens with zero attached hydrogens (tertiary/aromatic N) is 1. The molecule has 0 heterocycles. The largest absolute Gasteiger partial charge is 0.466 e. The maximum Gasteiger partial charge on any atom is 0.323 e. The van der Waals surface area contributed by atoms with Gasteiger partial charge in [0.25, 0.3) is 0 Å². The maximum atomic E-state index is 13.0. The van der Waals surface area contributed by atoms with Gasteiger partial charge >= 0.3 is 11.9 Å². The SMILES string of the molecule is CCCCCCCCCCCCCCCCCCOC(=O)C[C@@H](C(=O)OCCCCCCCCCCCCCCCCCC)N(CCO)CCO. The summed E-state index contributed by atoms with van der Waals surface area (Å²) in [6, 6.07) is -0.858. The number of hydrogen-bond acceptors (Lipinski definition) is 7. The van der Waals surface area contributed by atoms with E-state index in [-0.39, 0.29) is 32.7 Å². The first kappa shape index (κ1) is 49.8. The maximum absolute atomic E-state index is 13.0. The van der Waals surface area contributed by atoms with Gasteiger partial charge < -0.3 is 19.7 Å². The Labute approximate surface area is 316 Å². The molecule has 7 nitrogen and oxygen atoms in total. The first-order valence-corrected chi connectivity index (χ1v) is 22.4. The molecule has 0 unspecified atom stereocenters. The molecule has 0 aliphatic carbocycles. The van der Waals surface area contributed by atoms with Crippen molar-refractivity contribution in [3.8, 4) is 0 Å². The van der Waals surface area contributed by atoms with Gasteiger partial charge in [-0.25, -0.2) is 0 Å². The lowest BCUT2D eigenvalue weighted by Crippen LogP contribution is -2.46. The second-order valence-corrected chi connectivity index (χ2v) is 15.2. The van der Waals surface area contributed by atoms with E-state index in [1.165, 1.54) is 167 Å². The Bertz CT molecular complexity index is 714. The zero-order valence-electron chi connectivity index (χ0n) is 34.1. The summed E-state index contributed by atoms with van der Waals surface area (Å²) in [5, 5.41) is 19.1. The van der Waals surface area contributed by atoms with E-state index in [0.29, 0.717) is 13.2 Å². The highest BCUT2D eigenvalue weighted by Crippen LogP contribution is 2.16. The molecule has 51 heavy (non-hydrogen) atoms. The normalized spacial score (nSPS) is 12.1. The van der Waals surface area contributed by atoms with Crippen molar-refractivity contribution in [3.05, 3.63) is 0 Å². The van der Waals surface area contributed by atoms with Crippen LogP contribution in [0.15, 0.2) is 0 Å². The summed E-state index contributed by atoms with van der Waals surface area (Å²) in [6.45, 7) is 5.26. The number of carbonyl (C=O) groups is 2. The molecule has 0 aliphatic rings. The molecule has 0 aromatic heterocycles. The highest BCUT2D eigenvalue weighted by Gasteiger charge is 2.30. The molecule has 7 heteroatoms. The number of unbranched alkanes of at least 4 members (excludes halogenated alkanes) is 30. The number of carbonyl (C=O) groups excluding carboxylic acids is 2. The predicted molar refractivity (Wildman–Crippen MR) is 215 cm³/mol. The van der Waals surface area contributed by atoms with Gasteiger partial charge in [0, 0.05) is 13.1 Å². The average molecular weight is 726 g/mol. The summed E-state index contributed by atoms with van der Waals surface area (Å²) in [5.74, 6) is -0.904. The van der Waals surface area contributed by atoms with Gasteiger partial charge in [-0.1, -0.05) is 206 Å². The number of rotatable bonds is 42. The summed E-state index contributed by atoms with van der Waals surface area (Å²) in [5.41, 5.74) is 0. The van der Waals surface area contributed by atoms with Crippen LogP contribution in [0.25, 0.3) is 0 Å². The molecule has 0 aromatic carbocycles. The van der Waals surface area contributed by atoms with Crippen LogP contribution in [0.2, 0.25) is 0 Å². The Morgan fingerprint density at radius 2 is 0.706 bits per heavy atom. The molecule has 0 spiro atoms. The quantitative estimate of drug-likeness (QED) is 0.0477. The topological polar surface area (TPSA) is 96.3 Å². The fourth-order valence-electron chi connectivity index (χ4n) is 7.01. The molecule has 0 saturated heterocycles. The molecular weight excluding hydrogens is 638 g/mol. The highest BCUT2D eigenvalue weighted by molar-refractivity contribution is 5.82. The number of ether oxygens (including phenoxy) is 2. The van der Waals surface area contributed by atoms with E-state index in [0.717, 1.165) is 38.5 Å². The van der Waals surface area contributed by atoms with E-state index in [4.69, 9.17) is 9.47 Å². The van der Waals surface area contributed by atoms with Gasteiger partial charge in [0.05, 0.1) is 32.8 Å². The number of hydrogen-bond donors (Lipinski definition) is 2. The van der Waals surface area contributed by atoms with Crippen LogP contribution in [0.3, 0.4) is 0 Å². The van der Waals surface area contributed by atoms with E-state index in [2.05, 4.69) is 13.8 Å². The molecule has 0 aliphatic heterocycles. The first-order valence-electron chi connectivity index (χ1n) is 22.4. The lowest BCUT2D eigenvalue weighted by molar-refractivity contribution is -0.157. The fourth-order valence-corrected chi connectivity index (χ4v) is 7.01. The van der Waals surface area contributed by atoms with E-state index < -0.39 is 18.0 Å². The average Bonchev–Trinajstić information content (AvgIpc) is 3.13. The van der Waals surface area contributed by atoms with E-state index >= 15 is 0 Å². The minimum Gasteiger partial charge on any atom is -0.466 e. The van der Waals surface area contributed by atoms with Gasteiger partial charge in [-0.05, 0) is 12.8 Å². The van der Waals surface area contributed by atoms with Crippen molar-refractivity contribution in [3.63, 3.8) is 0 Å². The molecule has 0 bridgehead atoms.